The molecule has 0 fully saturated rings. The highest BCUT2D eigenvalue weighted by Crippen LogP contribution is 2.26. The lowest BCUT2D eigenvalue weighted by Crippen LogP contribution is -2.26. The van der Waals surface area contributed by atoms with E-state index in [0.29, 0.717) is 12.5 Å². The highest BCUT2D eigenvalue weighted by Gasteiger charge is 2.13. The molecule has 0 radical (unpaired) electrons. The van der Waals surface area contributed by atoms with Crippen molar-refractivity contribution in [2.45, 2.75) is 19.8 Å². The van der Waals surface area contributed by atoms with E-state index in [0.717, 1.165) is 24.1 Å². The number of rotatable bonds is 6. The van der Waals surface area contributed by atoms with Gasteiger partial charge in [0, 0.05) is 6.07 Å². The van der Waals surface area contributed by atoms with Crippen LogP contribution in [0.2, 0.25) is 0 Å². The van der Waals surface area contributed by atoms with E-state index in [4.69, 9.17) is 4.74 Å². The number of ether oxygens (including phenoxy) is 1. The smallest absolute Gasteiger partial charge is 0.254 e. The molecule has 0 aliphatic rings. The summed E-state index contributed by atoms with van der Waals surface area (Å²) in [5.74, 6) is 0.609. The normalized spacial score (nSPS) is 11.1. The maximum atomic E-state index is 5.66. The molecule has 0 saturated carbocycles. The zero-order chi connectivity index (χ0) is 13.5. The Bertz CT molecular complexity index is 551. The van der Waals surface area contributed by atoms with Gasteiger partial charge in [-0.25, -0.2) is 4.57 Å². The largest absolute Gasteiger partial charge is 0.471 e. The summed E-state index contributed by atoms with van der Waals surface area (Å²) in [5, 5.41) is 0. The summed E-state index contributed by atoms with van der Waals surface area (Å²) in [6.45, 7) is 2.69. The minimum atomic E-state index is 0.539. The Morgan fingerprint density at radius 3 is 3.05 bits per heavy atom. The Morgan fingerprint density at radius 1 is 1.37 bits per heavy atom. The lowest BCUT2D eigenvalue weighted by Gasteiger charge is -2.01. The molecule has 0 bridgehead atoms. The van der Waals surface area contributed by atoms with Crippen molar-refractivity contribution in [3.63, 3.8) is 0 Å². The monoisotopic (exact) mass is 276 g/mol. The fraction of sp³-hybridized carbons (Fsp3) is 0.357. The molecule has 19 heavy (non-hydrogen) atoms. The van der Waals surface area contributed by atoms with Gasteiger partial charge >= 0.3 is 0 Å². The fourth-order valence-corrected chi connectivity index (χ4v) is 2.18. The maximum absolute atomic E-state index is 5.66. The van der Waals surface area contributed by atoms with Gasteiger partial charge < -0.3 is 4.74 Å². The van der Waals surface area contributed by atoms with Crippen molar-refractivity contribution in [3.05, 3.63) is 36.7 Å². The molecule has 0 unspecified atom stereocenters. The summed E-state index contributed by atoms with van der Waals surface area (Å²) in [7, 11) is 1.98. The van der Waals surface area contributed by atoms with Crippen LogP contribution in [0.15, 0.2) is 36.7 Å². The van der Waals surface area contributed by atoms with Crippen LogP contribution in [0.1, 0.15) is 19.8 Å². The van der Waals surface area contributed by atoms with Crippen LogP contribution in [0.5, 0.6) is 5.88 Å². The first-order valence-electron chi connectivity index (χ1n) is 6.37. The first kappa shape index (κ1) is 13.7. The first-order valence-corrected chi connectivity index (χ1v) is 7.10. The topological polar surface area (TPSA) is 38.9 Å². The predicted molar refractivity (Wildman–Crippen MR) is 76.1 cm³/mol. The van der Waals surface area contributed by atoms with E-state index in [1.807, 2.05) is 42.2 Å². The molecule has 4 nitrogen and oxygen atoms in total. The molecule has 100 valence electrons. The SMILES string of the molecule is CCCC=CCOc1nsnc1-c1ccc[n+](C)c1. The molecule has 0 N–H and O–H groups in total. The van der Waals surface area contributed by atoms with Crippen LogP contribution in [-0.4, -0.2) is 15.4 Å². The number of nitrogens with zero attached hydrogens (tertiary/aromatic N) is 3. The van der Waals surface area contributed by atoms with Crippen molar-refractivity contribution in [2.75, 3.05) is 6.61 Å². The molecule has 2 aromatic rings. The minimum Gasteiger partial charge on any atom is -0.471 e. The average Bonchev–Trinajstić information content (AvgIpc) is 2.87. The van der Waals surface area contributed by atoms with E-state index in [-0.39, 0.29) is 0 Å². The van der Waals surface area contributed by atoms with Crippen molar-refractivity contribution >= 4 is 11.7 Å². The maximum Gasteiger partial charge on any atom is 0.254 e. The van der Waals surface area contributed by atoms with E-state index in [1.54, 1.807) is 0 Å². The summed E-state index contributed by atoms with van der Waals surface area (Å²) in [5.41, 5.74) is 1.83. The van der Waals surface area contributed by atoms with E-state index in [9.17, 15) is 0 Å². The number of aryl methyl sites for hydroxylation is 1. The number of pyridine rings is 1. The predicted octanol–water partition coefficient (Wildman–Crippen LogP) is 2.76. The molecule has 0 aliphatic heterocycles. The second kappa shape index (κ2) is 6.99. The molecule has 0 aliphatic carbocycles. The minimum absolute atomic E-state index is 0.539. The second-order valence-electron chi connectivity index (χ2n) is 4.25. The van der Waals surface area contributed by atoms with Gasteiger partial charge in [-0.3, -0.25) is 0 Å². The first-order chi connectivity index (χ1) is 9.31. The second-order valence-corrected chi connectivity index (χ2v) is 4.78. The van der Waals surface area contributed by atoms with Crippen LogP contribution in [-0.2, 0) is 7.05 Å². The van der Waals surface area contributed by atoms with Gasteiger partial charge in [-0.2, -0.15) is 4.37 Å². The zero-order valence-electron chi connectivity index (χ0n) is 11.2. The molecule has 5 heteroatoms. The molecular formula is C14H18N3OS+. The van der Waals surface area contributed by atoms with Gasteiger partial charge in [0.15, 0.2) is 18.1 Å². The van der Waals surface area contributed by atoms with Crippen LogP contribution in [0.4, 0.5) is 0 Å². The molecule has 0 amide bonds. The number of hydrogen-bond acceptors (Lipinski definition) is 4. The Morgan fingerprint density at radius 2 is 2.26 bits per heavy atom. The van der Waals surface area contributed by atoms with Crippen molar-refractivity contribution in [3.8, 4) is 17.1 Å². The Balaban J connectivity index is 2.05. The highest BCUT2D eigenvalue weighted by molar-refractivity contribution is 6.99. The van der Waals surface area contributed by atoms with Gasteiger partial charge in [-0.15, -0.1) is 4.37 Å². The van der Waals surface area contributed by atoms with Gasteiger partial charge in [0.1, 0.15) is 13.7 Å². The lowest BCUT2D eigenvalue weighted by molar-refractivity contribution is -0.671. The van der Waals surface area contributed by atoms with E-state index < -0.39 is 0 Å². The van der Waals surface area contributed by atoms with Crippen molar-refractivity contribution in [2.24, 2.45) is 7.05 Å². The fourth-order valence-electron chi connectivity index (χ4n) is 1.66. The van der Waals surface area contributed by atoms with Crippen LogP contribution < -0.4 is 9.30 Å². The Labute approximate surface area is 117 Å². The van der Waals surface area contributed by atoms with E-state index >= 15 is 0 Å². The van der Waals surface area contributed by atoms with Gasteiger partial charge in [0.05, 0.1) is 17.3 Å². The molecule has 0 spiro atoms. The third kappa shape index (κ3) is 3.86. The summed E-state index contributed by atoms with van der Waals surface area (Å²) >= 11 is 1.18. The highest BCUT2D eigenvalue weighted by atomic mass is 32.1. The van der Waals surface area contributed by atoms with Crippen LogP contribution in [0, 0.1) is 0 Å². The van der Waals surface area contributed by atoms with Crippen LogP contribution in [0.3, 0.4) is 0 Å². The number of hydrogen-bond donors (Lipinski definition) is 0. The molecule has 2 rings (SSSR count). The summed E-state index contributed by atoms with van der Waals surface area (Å²) in [4.78, 5) is 0. The molecule has 0 aromatic carbocycles. The van der Waals surface area contributed by atoms with Crippen molar-refractivity contribution < 1.29 is 9.30 Å². The van der Waals surface area contributed by atoms with E-state index in [2.05, 4.69) is 21.7 Å². The van der Waals surface area contributed by atoms with Crippen LogP contribution in [0.25, 0.3) is 11.3 Å². The van der Waals surface area contributed by atoms with Gasteiger partial charge in [0.25, 0.3) is 5.88 Å². The van der Waals surface area contributed by atoms with Gasteiger partial charge in [0.2, 0.25) is 0 Å². The standard InChI is InChI=1S/C14H18N3OS/c1-3-4-5-6-10-18-14-13(15-19-16-14)12-8-7-9-17(2)11-12/h5-9,11H,3-4,10H2,1-2H3/q+1. The Kier molecular flexibility index (Phi) is 5.03. The Hall–Kier alpha value is -1.75. The third-order valence-corrected chi connectivity index (χ3v) is 3.12. The molecule has 0 saturated heterocycles. The number of aromatic nitrogens is 3. The molecular weight excluding hydrogens is 258 g/mol. The average molecular weight is 276 g/mol. The zero-order valence-corrected chi connectivity index (χ0v) is 12.1. The molecule has 0 atom stereocenters. The third-order valence-electron chi connectivity index (χ3n) is 2.61. The van der Waals surface area contributed by atoms with Crippen molar-refractivity contribution in [1.29, 1.82) is 0 Å². The lowest BCUT2D eigenvalue weighted by atomic mass is 10.2. The number of unbranched alkanes of at least 4 members (excludes halogenated alkanes) is 1. The summed E-state index contributed by atoms with van der Waals surface area (Å²) < 4.78 is 16.2. The molecule has 2 aromatic heterocycles. The summed E-state index contributed by atoms with van der Waals surface area (Å²) in [6, 6.07) is 4.00. The number of allylic oxidation sites excluding steroid dienone is 1. The molecule has 2 heterocycles. The van der Waals surface area contributed by atoms with Gasteiger partial charge in [-0.05, 0) is 12.5 Å². The quantitative estimate of drug-likeness (QED) is 0.601. The summed E-state index contributed by atoms with van der Waals surface area (Å²) in [6.07, 6.45) is 10.4. The van der Waals surface area contributed by atoms with E-state index in [1.165, 1.54) is 11.7 Å². The van der Waals surface area contributed by atoms with Crippen molar-refractivity contribution in [1.82, 2.24) is 8.75 Å². The van der Waals surface area contributed by atoms with Gasteiger partial charge in [-0.1, -0.05) is 25.5 Å². The van der Waals surface area contributed by atoms with Crippen LogP contribution >= 0.6 is 11.7 Å².